The SMILES string of the molecule is CCOCC.[SiH3]O[SiH2]O[SiH3]. The van der Waals surface area contributed by atoms with Crippen LogP contribution in [0, 0.1) is 0 Å². The zero-order valence-electron chi connectivity index (χ0n) is 7.35. The van der Waals surface area contributed by atoms with Gasteiger partial charge in [-0.05, 0) is 13.8 Å². The molecule has 6 heteroatoms. The number of ether oxygens (including phenoxy) is 1. The van der Waals surface area contributed by atoms with Gasteiger partial charge in [0.2, 0.25) is 0 Å². The summed E-state index contributed by atoms with van der Waals surface area (Å²) in [6.45, 7) is 5.67. The number of rotatable bonds is 4. The quantitative estimate of drug-likeness (QED) is 0.472. The van der Waals surface area contributed by atoms with Crippen molar-refractivity contribution in [3.63, 3.8) is 0 Å². The molecule has 0 aliphatic rings. The Balaban J connectivity index is 0. The van der Waals surface area contributed by atoms with E-state index < -0.39 is 10.0 Å². The van der Waals surface area contributed by atoms with E-state index in [0.29, 0.717) is 0 Å². The van der Waals surface area contributed by atoms with Gasteiger partial charge in [-0.2, -0.15) is 0 Å². The molecular formula is C4H18O3Si3. The number of hydrogen-bond acceptors (Lipinski definition) is 3. The van der Waals surface area contributed by atoms with Crippen molar-refractivity contribution in [1.82, 2.24) is 0 Å². The van der Waals surface area contributed by atoms with Crippen LogP contribution in [0.1, 0.15) is 13.8 Å². The van der Waals surface area contributed by atoms with Crippen LogP contribution in [0.25, 0.3) is 0 Å². The van der Waals surface area contributed by atoms with Crippen LogP contribution in [-0.4, -0.2) is 44.2 Å². The monoisotopic (exact) mass is 198 g/mol. The van der Waals surface area contributed by atoms with E-state index in [1.807, 2.05) is 13.8 Å². The molecule has 0 aromatic rings. The summed E-state index contributed by atoms with van der Waals surface area (Å²) in [7, 11) is 1.27. The van der Waals surface area contributed by atoms with Gasteiger partial charge in [-0.1, -0.05) is 0 Å². The fraction of sp³-hybridized carbons (Fsp3) is 1.00. The van der Waals surface area contributed by atoms with Crippen LogP contribution in [0.5, 0.6) is 0 Å². The van der Waals surface area contributed by atoms with Gasteiger partial charge >= 0.3 is 0 Å². The second kappa shape index (κ2) is 16.3. The molecule has 0 amide bonds. The van der Waals surface area contributed by atoms with Crippen molar-refractivity contribution in [3.05, 3.63) is 0 Å². The maximum absolute atomic E-state index is 4.83. The van der Waals surface area contributed by atoms with E-state index in [-0.39, 0.29) is 0 Å². The molecule has 64 valence electrons. The summed E-state index contributed by atoms with van der Waals surface area (Å²) in [4.78, 5) is 0. The van der Waals surface area contributed by atoms with Crippen molar-refractivity contribution >= 4 is 31.0 Å². The Morgan fingerprint density at radius 1 is 1.10 bits per heavy atom. The molecule has 3 nitrogen and oxygen atoms in total. The molecule has 0 saturated carbocycles. The molecule has 0 N–H and O–H groups in total. The second-order valence-electron chi connectivity index (χ2n) is 1.48. The lowest BCUT2D eigenvalue weighted by Gasteiger charge is -1.87. The van der Waals surface area contributed by atoms with E-state index in [2.05, 4.69) is 0 Å². The van der Waals surface area contributed by atoms with Gasteiger partial charge < -0.3 is 13.0 Å². The Hall–Kier alpha value is 0.531. The van der Waals surface area contributed by atoms with E-state index in [1.54, 1.807) is 0 Å². The first-order chi connectivity index (χ1) is 4.83. The van der Waals surface area contributed by atoms with Gasteiger partial charge in [0, 0.05) is 13.2 Å². The first kappa shape index (κ1) is 13.1. The van der Waals surface area contributed by atoms with Crippen molar-refractivity contribution in [2.24, 2.45) is 0 Å². The summed E-state index contributed by atoms with van der Waals surface area (Å²) in [6, 6.07) is 0. The minimum atomic E-state index is -0.444. The Labute approximate surface area is 71.6 Å². The molecule has 0 aromatic heterocycles. The average Bonchev–Trinajstić information content (AvgIpc) is 1.93. The van der Waals surface area contributed by atoms with Gasteiger partial charge in [0.05, 0.1) is 0 Å². The fourth-order valence-electron chi connectivity index (χ4n) is 0.322. The van der Waals surface area contributed by atoms with Crippen LogP contribution in [0.4, 0.5) is 0 Å². The van der Waals surface area contributed by atoms with Crippen LogP contribution in [0.2, 0.25) is 0 Å². The van der Waals surface area contributed by atoms with Crippen molar-refractivity contribution in [1.29, 1.82) is 0 Å². The Morgan fingerprint density at radius 3 is 1.50 bits per heavy atom. The molecule has 0 fully saturated rings. The normalized spacial score (nSPS) is 10.2. The average molecular weight is 198 g/mol. The highest BCUT2D eigenvalue weighted by Crippen LogP contribution is 1.64. The lowest BCUT2D eigenvalue weighted by atomic mass is 10.8. The molecule has 0 saturated heterocycles. The summed E-state index contributed by atoms with van der Waals surface area (Å²) in [5.74, 6) is 0. The van der Waals surface area contributed by atoms with Gasteiger partial charge in [0.25, 0.3) is 10.0 Å². The molecule has 10 heavy (non-hydrogen) atoms. The molecular weight excluding hydrogens is 180 g/mol. The molecule has 0 aromatic carbocycles. The summed E-state index contributed by atoms with van der Waals surface area (Å²) in [5.41, 5.74) is 0. The van der Waals surface area contributed by atoms with Gasteiger partial charge in [-0.25, -0.2) is 0 Å². The predicted molar refractivity (Wildman–Crippen MR) is 52.8 cm³/mol. The molecule has 0 aliphatic heterocycles. The third kappa shape index (κ3) is 23.6. The predicted octanol–water partition coefficient (Wildman–Crippen LogP) is -2.38. The van der Waals surface area contributed by atoms with E-state index in [9.17, 15) is 0 Å². The van der Waals surface area contributed by atoms with Crippen molar-refractivity contribution in [3.8, 4) is 0 Å². The third-order valence-corrected chi connectivity index (χ3v) is 2.53. The smallest absolute Gasteiger partial charge is 0.282 e. The van der Waals surface area contributed by atoms with Crippen LogP contribution in [0.3, 0.4) is 0 Å². The van der Waals surface area contributed by atoms with E-state index in [1.165, 1.54) is 0 Å². The highest BCUT2D eigenvalue weighted by molar-refractivity contribution is 6.33. The van der Waals surface area contributed by atoms with Crippen molar-refractivity contribution in [2.45, 2.75) is 13.8 Å². The second-order valence-corrected chi connectivity index (χ2v) is 6.33. The summed E-state index contributed by atoms with van der Waals surface area (Å²) < 4.78 is 14.4. The highest BCUT2D eigenvalue weighted by atomic mass is 28.3. The Bertz CT molecular complexity index is 36.7. The standard InChI is InChI=1S/C4H10O.H8O2Si3/c1-3-5-4-2;3-1-5-2-4/h3-4H2,1-2H3;5H2,3-4H3. The highest BCUT2D eigenvalue weighted by Gasteiger charge is 1.66. The van der Waals surface area contributed by atoms with Crippen LogP contribution in [0.15, 0.2) is 0 Å². The van der Waals surface area contributed by atoms with Crippen LogP contribution in [-0.2, 0) is 13.0 Å². The van der Waals surface area contributed by atoms with Crippen molar-refractivity contribution < 1.29 is 13.0 Å². The lowest BCUT2D eigenvalue weighted by molar-refractivity contribution is 0.162. The molecule has 0 bridgehead atoms. The van der Waals surface area contributed by atoms with Crippen LogP contribution < -0.4 is 0 Å². The fourth-order valence-corrected chi connectivity index (χ4v) is 3.39. The van der Waals surface area contributed by atoms with Crippen LogP contribution >= 0.6 is 0 Å². The minimum absolute atomic E-state index is 0.444. The molecule has 0 atom stereocenters. The van der Waals surface area contributed by atoms with E-state index in [4.69, 9.17) is 13.0 Å². The zero-order chi connectivity index (χ0) is 8.24. The van der Waals surface area contributed by atoms with Gasteiger partial charge in [0.15, 0.2) is 0 Å². The molecule has 0 aliphatic carbocycles. The number of hydrogen-bond donors (Lipinski definition) is 0. The first-order valence-corrected chi connectivity index (χ1v) is 6.17. The van der Waals surface area contributed by atoms with E-state index >= 15 is 0 Å². The van der Waals surface area contributed by atoms with Gasteiger partial charge in [-0.15, -0.1) is 0 Å². The maximum atomic E-state index is 4.83. The third-order valence-electron chi connectivity index (χ3n) is 0.644. The molecule has 0 unspecified atom stereocenters. The lowest BCUT2D eigenvalue weighted by Crippen LogP contribution is -1.96. The largest absolute Gasteiger partial charge is 0.449 e. The summed E-state index contributed by atoms with van der Waals surface area (Å²) in [6.07, 6.45) is 0. The van der Waals surface area contributed by atoms with Gasteiger partial charge in [-0.3, -0.25) is 0 Å². The Morgan fingerprint density at radius 2 is 1.50 bits per heavy atom. The summed E-state index contributed by atoms with van der Waals surface area (Å²) in [5, 5.41) is 0. The van der Waals surface area contributed by atoms with E-state index in [0.717, 1.165) is 34.2 Å². The molecule has 0 radical (unpaired) electrons. The Kier molecular flexibility index (Phi) is 21.4. The maximum Gasteiger partial charge on any atom is 0.282 e. The molecule has 0 heterocycles. The summed E-state index contributed by atoms with van der Waals surface area (Å²) >= 11 is 0. The topological polar surface area (TPSA) is 27.7 Å². The first-order valence-electron chi connectivity index (χ1n) is 3.39. The van der Waals surface area contributed by atoms with Crippen molar-refractivity contribution in [2.75, 3.05) is 13.2 Å². The molecule has 0 rings (SSSR count). The molecule has 0 spiro atoms. The zero-order valence-corrected chi connectivity index (χ0v) is 12.8. The van der Waals surface area contributed by atoms with Gasteiger partial charge in [0.1, 0.15) is 21.0 Å². The minimum Gasteiger partial charge on any atom is -0.449 e.